The van der Waals surface area contributed by atoms with Crippen LogP contribution in [0, 0.1) is 0 Å². The van der Waals surface area contributed by atoms with Gasteiger partial charge < -0.3 is 19.7 Å². The first-order valence-corrected chi connectivity index (χ1v) is 9.45. The third-order valence-corrected chi connectivity index (χ3v) is 5.10. The lowest BCUT2D eigenvalue weighted by molar-refractivity contribution is 0.171. The van der Waals surface area contributed by atoms with Gasteiger partial charge in [-0.15, -0.1) is 0 Å². The minimum Gasteiger partial charge on any atom is -0.452 e. The van der Waals surface area contributed by atoms with Gasteiger partial charge in [0, 0.05) is 38.2 Å². The van der Waals surface area contributed by atoms with Crippen molar-refractivity contribution in [2.75, 3.05) is 26.9 Å². The summed E-state index contributed by atoms with van der Waals surface area (Å²) in [6.07, 6.45) is 7.08. The number of likely N-dealkylation sites (N-methyl/N-ethyl adjacent to an activating group) is 1. The Labute approximate surface area is 161 Å². The molecule has 1 aliphatic rings. The van der Waals surface area contributed by atoms with E-state index in [1.54, 1.807) is 17.1 Å². The second-order valence-electron chi connectivity index (χ2n) is 6.37. The van der Waals surface area contributed by atoms with Gasteiger partial charge in [-0.2, -0.15) is 4.37 Å². The van der Waals surface area contributed by atoms with Crippen LogP contribution in [0.15, 0.2) is 31.0 Å². The molecule has 0 aromatic carbocycles. The smallest absolute Gasteiger partial charge is 0.260 e. The van der Waals surface area contributed by atoms with Crippen LogP contribution >= 0.6 is 11.5 Å². The number of imidazole rings is 1. The van der Waals surface area contributed by atoms with E-state index >= 15 is 0 Å². The second-order valence-corrected chi connectivity index (χ2v) is 7.15. The summed E-state index contributed by atoms with van der Waals surface area (Å²) < 4.78 is 16.8. The van der Waals surface area contributed by atoms with E-state index < -0.39 is 0 Å². The van der Waals surface area contributed by atoms with Gasteiger partial charge in [-0.05, 0) is 37.1 Å². The molecule has 4 heterocycles. The minimum atomic E-state index is 0.139. The molecule has 27 heavy (non-hydrogen) atoms. The van der Waals surface area contributed by atoms with Crippen molar-refractivity contribution in [2.45, 2.75) is 19.5 Å². The van der Waals surface area contributed by atoms with Crippen molar-refractivity contribution in [3.63, 3.8) is 0 Å². The van der Waals surface area contributed by atoms with E-state index in [0.29, 0.717) is 11.8 Å². The number of nitrogens with zero attached hydrogens (tertiary/aromatic N) is 6. The van der Waals surface area contributed by atoms with E-state index in [-0.39, 0.29) is 12.8 Å². The van der Waals surface area contributed by atoms with E-state index in [4.69, 9.17) is 9.47 Å². The molecule has 1 N–H and O–H groups in total. The molecule has 0 fully saturated rings. The fourth-order valence-corrected chi connectivity index (χ4v) is 3.43. The minimum absolute atomic E-state index is 0.139. The monoisotopic (exact) mass is 387 g/mol. The fourth-order valence-electron chi connectivity index (χ4n) is 2.75. The molecular formula is C17H21N7O2S. The van der Waals surface area contributed by atoms with Crippen LogP contribution in [0.4, 0.5) is 0 Å². The number of pyridine rings is 1. The van der Waals surface area contributed by atoms with Crippen LogP contribution in [-0.4, -0.2) is 55.7 Å². The Bertz CT molecular complexity index is 883. The van der Waals surface area contributed by atoms with Gasteiger partial charge in [0.05, 0.1) is 6.04 Å². The highest BCUT2D eigenvalue weighted by Gasteiger charge is 2.16. The lowest BCUT2D eigenvalue weighted by atomic mass is 10.2. The van der Waals surface area contributed by atoms with Crippen molar-refractivity contribution in [3.8, 4) is 17.6 Å². The predicted molar refractivity (Wildman–Crippen MR) is 100 cm³/mol. The molecule has 9 nitrogen and oxygen atoms in total. The molecule has 142 valence electrons. The number of nitrogens with one attached hydrogen (secondary N) is 1. The van der Waals surface area contributed by atoms with Crippen LogP contribution in [-0.2, 0) is 6.54 Å². The zero-order chi connectivity index (χ0) is 18.6. The molecule has 0 radical (unpaired) electrons. The molecule has 4 rings (SSSR count). The summed E-state index contributed by atoms with van der Waals surface area (Å²) in [5, 5.41) is 4.46. The maximum absolute atomic E-state index is 5.38. The van der Waals surface area contributed by atoms with Crippen LogP contribution in [0.2, 0.25) is 0 Å². The summed E-state index contributed by atoms with van der Waals surface area (Å²) in [5.74, 6) is 1.95. The summed E-state index contributed by atoms with van der Waals surface area (Å²) in [7, 11) is 2.08. The third kappa shape index (κ3) is 4.24. The van der Waals surface area contributed by atoms with Gasteiger partial charge in [-0.1, -0.05) is 0 Å². The number of ether oxygens (including phenoxy) is 2. The Hall–Kier alpha value is -2.56. The molecule has 3 aromatic heterocycles. The SMILES string of the molecule is CC(NCCN(C)Cc1cnc2c(c1)OCO2)c1nc(-n2ccnc2)ns1. The standard InChI is InChI=1S/C17H21N7O2S/c1-12(16-21-17(22-27-16)24-6-3-18-10-24)19-4-5-23(2)9-13-7-14-15(20-8-13)26-11-25-14/h3,6-8,10,12,19H,4-5,9,11H2,1-2H3. The molecule has 1 atom stereocenters. The zero-order valence-corrected chi connectivity index (χ0v) is 16.0. The molecule has 10 heteroatoms. The Kier molecular flexibility index (Phi) is 5.28. The van der Waals surface area contributed by atoms with Gasteiger partial charge in [0.15, 0.2) is 5.75 Å². The Morgan fingerprint density at radius 3 is 3.19 bits per heavy atom. The highest BCUT2D eigenvalue weighted by atomic mass is 32.1. The summed E-state index contributed by atoms with van der Waals surface area (Å²) in [4.78, 5) is 15.1. The molecule has 0 amide bonds. The largest absolute Gasteiger partial charge is 0.452 e. The first-order chi connectivity index (χ1) is 13.2. The molecular weight excluding hydrogens is 366 g/mol. The van der Waals surface area contributed by atoms with Crippen LogP contribution < -0.4 is 14.8 Å². The fraction of sp³-hybridized carbons (Fsp3) is 0.412. The molecule has 1 unspecified atom stereocenters. The molecule has 1 aliphatic heterocycles. The molecule has 0 saturated carbocycles. The molecule has 0 saturated heterocycles. The number of rotatable bonds is 8. The lowest BCUT2D eigenvalue weighted by Gasteiger charge is -2.18. The summed E-state index contributed by atoms with van der Waals surface area (Å²) in [5.41, 5.74) is 1.10. The zero-order valence-electron chi connectivity index (χ0n) is 15.2. The molecule has 3 aromatic rings. The normalized spacial score (nSPS) is 14.0. The highest BCUT2D eigenvalue weighted by Crippen LogP contribution is 2.29. The quantitative estimate of drug-likeness (QED) is 0.624. The van der Waals surface area contributed by atoms with E-state index in [9.17, 15) is 0 Å². The molecule has 0 aliphatic carbocycles. The number of hydrogen-bond donors (Lipinski definition) is 1. The number of hydrogen-bond acceptors (Lipinski definition) is 9. The number of fused-ring (bicyclic) bond motifs is 1. The van der Waals surface area contributed by atoms with Gasteiger partial charge in [0.25, 0.3) is 5.88 Å². The summed E-state index contributed by atoms with van der Waals surface area (Å²) in [6.45, 7) is 4.88. The first kappa shape index (κ1) is 17.8. The lowest BCUT2D eigenvalue weighted by Crippen LogP contribution is -2.30. The van der Waals surface area contributed by atoms with Crippen LogP contribution in [0.1, 0.15) is 23.5 Å². The van der Waals surface area contributed by atoms with Gasteiger partial charge >= 0.3 is 0 Å². The van der Waals surface area contributed by atoms with E-state index in [1.807, 2.05) is 18.5 Å². The van der Waals surface area contributed by atoms with Crippen LogP contribution in [0.5, 0.6) is 11.6 Å². The highest BCUT2D eigenvalue weighted by molar-refractivity contribution is 7.05. The topological polar surface area (TPSA) is 90.2 Å². The van der Waals surface area contributed by atoms with Crippen molar-refractivity contribution >= 4 is 11.5 Å². The second kappa shape index (κ2) is 7.99. The van der Waals surface area contributed by atoms with E-state index in [0.717, 1.165) is 36.0 Å². The van der Waals surface area contributed by atoms with E-state index in [2.05, 4.69) is 43.5 Å². The Balaban J connectivity index is 1.24. The van der Waals surface area contributed by atoms with Gasteiger partial charge in [0.2, 0.25) is 12.7 Å². The van der Waals surface area contributed by atoms with Gasteiger partial charge in [0.1, 0.15) is 11.3 Å². The third-order valence-electron chi connectivity index (χ3n) is 4.22. The van der Waals surface area contributed by atoms with Crippen molar-refractivity contribution in [1.29, 1.82) is 0 Å². The van der Waals surface area contributed by atoms with Crippen LogP contribution in [0.3, 0.4) is 0 Å². The predicted octanol–water partition coefficient (Wildman–Crippen LogP) is 1.63. The molecule has 0 bridgehead atoms. The maximum Gasteiger partial charge on any atom is 0.260 e. The van der Waals surface area contributed by atoms with Gasteiger partial charge in [-0.25, -0.2) is 15.0 Å². The van der Waals surface area contributed by atoms with Crippen molar-refractivity contribution in [1.82, 2.24) is 34.1 Å². The van der Waals surface area contributed by atoms with Crippen molar-refractivity contribution in [3.05, 3.63) is 41.6 Å². The first-order valence-electron chi connectivity index (χ1n) is 8.67. The maximum atomic E-state index is 5.38. The van der Waals surface area contributed by atoms with Crippen LogP contribution in [0.25, 0.3) is 5.95 Å². The van der Waals surface area contributed by atoms with Gasteiger partial charge in [-0.3, -0.25) is 4.57 Å². The van der Waals surface area contributed by atoms with Crippen molar-refractivity contribution < 1.29 is 9.47 Å². The van der Waals surface area contributed by atoms with E-state index in [1.165, 1.54) is 11.5 Å². The average molecular weight is 387 g/mol. The summed E-state index contributed by atoms with van der Waals surface area (Å²) in [6, 6.07) is 2.13. The summed E-state index contributed by atoms with van der Waals surface area (Å²) >= 11 is 1.41. The Morgan fingerprint density at radius 1 is 1.41 bits per heavy atom. The Morgan fingerprint density at radius 2 is 2.33 bits per heavy atom. The van der Waals surface area contributed by atoms with Crippen molar-refractivity contribution in [2.24, 2.45) is 0 Å². The molecule has 0 spiro atoms. The average Bonchev–Trinajstić information content (AvgIpc) is 3.40. The number of aromatic nitrogens is 5.